The largest absolute Gasteiger partial charge is 0.489 e. The van der Waals surface area contributed by atoms with Gasteiger partial charge in [-0.3, -0.25) is 4.79 Å². The Hall–Kier alpha value is -5.06. The van der Waals surface area contributed by atoms with E-state index in [4.69, 9.17) is 13.9 Å². The van der Waals surface area contributed by atoms with Crippen molar-refractivity contribution in [3.8, 4) is 11.5 Å². The van der Waals surface area contributed by atoms with E-state index in [1.807, 2.05) is 71.4 Å². The summed E-state index contributed by atoms with van der Waals surface area (Å²) >= 11 is 0. The molecule has 1 aliphatic heterocycles. The molecule has 0 bridgehead atoms. The highest BCUT2D eigenvalue weighted by molar-refractivity contribution is 6.74. The Balaban J connectivity index is 1.30. The fourth-order valence-electron chi connectivity index (χ4n) is 6.42. The van der Waals surface area contributed by atoms with Crippen molar-refractivity contribution in [1.29, 1.82) is 0 Å². The molecule has 0 aliphatic carbocycles. The lowest BCUT2D eigenvalue weighted by Crippen LogP contribution is -2.55. The third kappa shape index (κ3) is 9.35. The van der Waals surface area contributed by atoms with Crippen LogP contribution in [0.1, 0.15) is 62.4 Å². The highest BCUT2D eigenvalue weighted by Crippen LogP contribution is 2.50. The maximum atomic E-state index is 14.2. The van der Waals surface area contributed by atoms with Crippen LogP contribution in [0.5, 0.6) is 11.5 Å². The molecule has 7 nitrogen and oxygen atoms in total. The quantitative estimate of drug-likeness (QED) is 0.0571. The van der Waals surface area contributed by atoms with Crippen molar-refractivity contribution in [1.82, 2.24) is 9.55 Å². The van der Waals surface area contributed by atoms with Gasteiger partial charge in [0.15, 0.2) is 8.32 Å². The van der Waals surface area contributed by atoms with Crippen LogP contribution in [0.15, 0.2) is 128 Å². The summed E-state index contributed by atoms with van der Waals surface area (Å²) in [5.41, 5.74) is 3.31. The Morgan fingerprint density at radius 3 is 2.26 bits per heavy atom. The molecule has 1 amide bonds. The van der Waals surface area contributed by atoms with E-state index >= 15 is 0 Å². The summed E-state index contributed by atoms with van der Waals surface area (Å²) in [7, 11) is -2.25. The van der Waals surface area contributed by atoms with Crippen molar-refractivity contribution in [2.24, 2.45) is 5.92 Å². The van der Waals surface area contributed by atoms with Gasteiger partial charge in [-0.05, 0) is 96.7 Å². The molecule has 0 radical (unpaired) electrons. The Labute approximate surface area is 318 Å². The zero-order valence-corrected chi connectivity index (χ0v) is 32.6. The number of benzene rings is 4. The van der Waals surface area contributed by atoms with Crippen LogP contribution in [-0.4, -0.2) is 30.4 Å². The minimum Gasteiger partial charge on any atom is -0.489 e. The zero-order chi connectivity index (χ0) is 38.3. The van der Waals surface area contributed by atoms with Crippen LogP contribution in [-0.2, 0) is 22.4 Å². The number of allylic oxidation sites excluding steroid dienone is 1. The average molecular weight is 750 g/mol. The Bertz CT molecular complexity index is 2000. The topological polar surface area (TPSA) is 65.8 Å². The summed E-state index contributed by atoms with van der Waals surface area (Å²) in [4.78, 5) is 20.0. The van der Waals surface area contributed by atoms with Gasteiger partial charge in [0, 0.05) is 36.3 Å². The van der Waals surface area contributed by atoms with E-state index in [2.05, 4.69) is 38.8 Å². The fourth-order valence-corrected chi connectivity index (χ4v) is 7.74. The van der Waals surface area contributed by atoms with Gasteiger partial charge in [0.2, 0.25) is 5.91 Å². The summed E-state index contributed by atoms with van der Waals surface area (Å²) in [6, 6.07) is 27.7. The first-order valence-electron chi connectivity index (χ1n) is 18.5. The van der Waals surface area contributed by atoms with E-state index in [0.717, 1.165) is 16.7 Å². The number of carbonyl (C=O) groups excluding carboxylic acids is 1. The predicted octanol–water partition coefficient (Wildman–Crippen LogP) is 10.6. The van der Waals surface area contributed by atoms with Crippen molar-refractivity contribution in [2.75, 3.05) is 11.5 Å². The molecule has 0 unspecified atom stereocenters. The predicted molar refractivity (Wildman–Crippen MR) is 211 cm³/mol. The Kier molecular flexibility index (Phi) is 12.1. The van der Waals surface area contributed by atoms with Crippen molar-refractivity contribution >= 4 is 19.9 Å². The number of halogens is 2. The van der Waals surface area contributed by atoms with Gasteiger partial charge in [-0.1, -0.05) is 69.3 Å². The molecule has 1 aromatic heterocycles. The van der Waals surface area contributed by atoms with Crippen LogP contribution < -0.4 is 14.4 Å². The maximum absolute atomic E-state index is 14.2. The maximum Gasteiger partial charge on any atom is 0.233 e. The van der Waals surface area contributed by atoms with Gasteiger partial charge in [0.25, 0.3) is 0 Å². The van der Waals surface area contributed by atoms with E-state index in [0.29, 0.717) is 49.8 Å². The molecule has 1 saturated heterocycles. The normalized spacial score (nSPS) is 16.7. The van der Waals surface area contributed by atoms with E-state index in [1.54, 1.807) is 41.7 Å². The molecule has 5 aromatic rings. The van der Waals surface area contributed by atoms with Gasteiger partial charge in [0.1, 0.15) is 36.3 Å². The first-order valence-corrected chi connectivity index (χ1v) is 21.4. The molecule has 0 saturated carbocycles. The van der Waals surface area contributed by atoms with Gasteiger partial charge in [0.05, 0.1) is 24.4 Å². The fraction of sp³-hybridized carbons (Fsp3) is 0.318. The smallest absolute Gasteiger partial charge is 0.233 e. The molecule has 1 aliphatic rings. The third-order valence-electron chi connectivity index (χ3n) is 10.5. The second-order valence-corrected chi connectivity index (χ2v) is 20.0. The monoisotopic (exact) mass is 749 g/mol. The van der Waals surface area contributed by atoms with E-state index in [1.165, 1.54) is 24.3 Å². The zero-order valence-electron chi connectivity index (χ0n) is 31.6. The van der Waals surface area contributed by atoms with Gasteiger partial charge in [-0.25, -0.2) is 13.8 Å². The number of nitrogens with zero attached hydrogens (tertiary/aromatic N) is 3. The van der Waals surface area contributed by atoms with Crippen LogP contribution >= 0.6 is 0 Å². The van der Waals surface area contributed by atoms with Crippen LogP contribution in [0.3, 0.4) is 0 Å². The summed E-state index contributed by atoms with van der Waals surface area (Å²) < 4.78 is 49.7. The van der Waals surface area contributed by atoms with Gasteiger partial charge < -0.3 is 23.4 Å². The number of aromatic nitrogens is 2. The number of rotatable bonds is 16. The molecule has 2 heterocycles. The second-order valence-electron chi connectivity index (χ2n) is 15.2. The van der Waals surface area contributed by atoms with Crippen molar-refractivity contribution in [3.05, 3.63) is 156 Å². The standard InChI is InChI=1S/C44H49F2N3O4Si/c1-44(2,3)54(4,5)53-40(33-13-15-34(45)16-14-33)24-23-39-42(49(43(39)50)36-19-17-35(46)18-20-36)38-22-21-37(51-28-10-9-26-48-27-25-47-31-48)29-41(38)52-30-32-11-7-6-8-12-32/h6-22,25,27,29,31,39-40,42H,23-24,26,28,30H2,1-5H3/b10-9+/t39-,40+,42-/m1/s1. The number of anilines is 1. The lowest BCUT2D eigenvalue weighted by Gasteiger charge is -2.48. The van der Waals surface area contributed by atoms with Gasteiger partial charge in [-0.2, -0.15) is 0 Å². The molecule has 0 N–H and O–H groups in total. The molecule has 4 aromatic carbocycles. The van der Waals surface area contributed by atoms with Crippen LogP contribution in [0.25, 0.3) is 0 Å². The van der Waals surface area contributed by atoms with Gasteiger partial charge in [-0.15, -0.1) is 0 Å². The number of amides is 1. The molecule has 1 fully saturated rings. The summed E-state index contributed by atoms with van der Waals surface area (Å²) in [5.74, 6) is 0.0593. The summed E-state index contributed by atoms with van der Waals surface area (Å²) in [6.07, 6.45) is 10.1. The highest BCUT2D eigenvalue weighted by Gasteiger charge is 2.50. The minimum absolute atomic E-state index is 0.0514. The van der Waals surface area contributed by atoms with E-state index in [9.17, 15) is 13.6 Å². The number of carbonyl (C=O) groups is 1. The van der Waals surface area contributed by atoms with E-state index < -0.39 is 20.3 Å². The van der Waals surface area contributed by atoms with Crippen LogP contribution in [0.4, 0.5) is 14.5 Å². The lowest BCUT2D eigenvalue weighted by atomic mass is 9.78. The Morgan fingerprint density at radius 1 is 0.889 bits per heavy atom. The molecule has 0 spiro atoms. The molecule has 10 heteroatoms. The molecular weight excluding hydrogens is 701 g/mol. The van der Waals surface area contributed by atoms with Crippen LogP contribution in [0, 0.1) is 17.6 Å². The molecular formula is C44H49F2N3O4Si. The summed E-state index contributed by atoms with van der Waals surface area (Å²) in [6.45, 7) is 12.3. The first-order chi connectivity index (χ1) is 25.9. The number of hydrogen-bond donors (Lipinski definition) is 0. The highest BCUT2D eigenvalue weighted by atomic mass is 28.4. The number of ether oxygens (including phenoxy) is 2. The third-order valence-corrected chi connectivity index (χ3v) is 15.0. The molecule has 282 valence electrons. The lowest BCUT2D eigenvalue weighted by molar-refractivity contribution is -0.131. The van der Waals surface area contributed by atoms with Crippen molar-refractivity contribution in [3.63, 3.8) is 0 Å². The first kappa shape index (κ1) is 38.7. The number of β-lactam (4-membered cyclic amide) rings is 1. The average Bonchev–Trinajstić information content (AvgIpc) is 3.67. The van der Waals surface area contributed by atoms with Crippen LogP contribution in [0.2, 0.25) is 18.1 Å². The summed E-state index contributed by atoms with van der Waals surface area (Å²) in [5, 5.41) is -0.0514. The van der Waals surface area contributed by atoms with Crippen molar-refractivity contribution < 1.29 is 27.5 Å². The minimum atomic E-state index is -2.25. The van der Waals surface area contributed by atoms with E-state index in [-0.39, 0.29) is 28.7 Å². The second kappa shape index (κ2) is 16.9. The number of hydrogen-bond acceptors (Lipinski definition) is 5. The molecule has 3 atom stereocenters. The van der Waals surface area contributed by atoms with Crippen molar-refractivity contribution in [2.45, 2.75) is 77.0 Å². The number of imidazole rings is 1. The Morgan fingerprint density at radius 2 is 1.59 bits per heavy atom. The molecule has 6 rings (SSSR count). The SMILES string of the molecule is CC(C)(C)[Si](C)(C)O[C@@H](CC[C@H]1C(=O)N(c2ccc(F)cc2)[C@@H]1c1ccc(OC/C=C/Cn2ccnc2)cc1OCc1ccccc1)c1ccc(F)cc1. The van der Waals surface area contributed by atoms with Gasteiger partial charge >= 0.3 is 0 Å². The molecule has 54 heavy (non-hydrogen) atoms.